The third-order valence-electron chi connectivity index (χ3n) is 6.54. The molecular weight excluding hydrogens is 574 g/mol. The van der Waals surface area contributed by atoms with Crippen LogP contribution < -0.4 is 30.9 Å². The normalized spacial score (nSPS) is 15.9. The van der Waals surface area contributed by atoms with Crippen LogP contribution in [0.3, 0.4) is 0 Å². The van der Waals surface area contributed by atoms with Crippen molar-refractivity contribution in [3.8, 4) is 5.75 Å². The minimum absolute atomic E-state index is 0.0494. The van der Waals surface area contributed by atoms with Gasteiger partial charge in [-0.1, -0.05) is 41.1 Å². The number of fused-ring (bicyclic) bond motifs is 1. The molecule has 10 heteroatoms. The van der Waals surface area contributed by atoms with Gasteiger partial charge in [0.2, 0.25) is 11.8 Å². The third kappa shape index (κ3) is 7.53. The molecule has 1 aliphatic heterocycles. The number of rotatable bonds is 10. The number of alkyl halides is 1. The number of para-hydroxylation sites is 1. The molecule has 210 valence electrons. The molecule has 3 aromatic carbocycles. The maximum atomic E-state index is 12.6. The van der Waals surface area contributed by atoms with Crippen LogP contribution >= 0.6 is 15.9 Å². The first-order chi connectivity index (χ1) is 19.4. The number of anilines is 4. The van der Waals surface area contributed by atoms with Crippen LogP contribution in [0, 0.1) is 0 Å². The molecule has 4 rings (SSSR count). The summed E-state index contributed by atoms with van der Waals surface area (Å²) in [6.07, 6.45) is 1.25. The molecule has 0 unspecified atom stereocenters. The predicted molar refractivity (Wildman–Crippen MR) is 162 cm³/mol. The van der Waals surface area contributed by atoms with Gasteiger partial charge in [0.05, 0.1) is 19.2 Å². The van der Waals surface area contributed by atoms with Crippen molar-refractivity contribution >= 4 is 56.5 Å². The van der Waals surface area contributed by atoms with E-state index >= 15 is 0 Å². The molecule has 0 saturated heterocycles. The van der Waals surface area contributed by atoms with Crippen LogP contribution in [0.5, 0.6) is 5.75 Å². The summed E-state index contributed by atoms with van der Waals surface area (Å²) in [7, 11) is 0. The van der Waals surface area contributed by atoms with Crippen molar-refractivity contribution < 1.29 is 19.1 Å². The molecule has 4 amide bonds. The molecule has 0 aromatic heterocycles. The van der Waals surface area contributed by atoms with Gasteiger partial charge in [0.25, 0.3) is 0 Å². The average molecular weight is 609 g/mol. The van der Waals surface area contributed by atoms with Gasteiger partial charge >= 0.3 is 6.03 Å². The summed E-state index contributed by atoms with van der Waals surface area (Å²) in [5, 5.41) is 12.3. The van der Waals surface area contributed by atoms with E-state index in [4.69, 9.17) is 4.74 Å². The first-order valence-corrected chi connectivity index (χ1v) is 14.4. The Kier molecular flexibility index (Phi) is 10.0. The summed E-state index contributed by atoms with van der Waals surface area (Å²) in [4.78, 5) is 39.0. The van der Waals surface area contributed by atoms with Crippen LogP contribution in [0.2, 0.25) is 0 Å². The van der Waals surface area contributed by atoms with Gasteiger partial charge in [0, 0.05) is 40.5 Å². The molecule has 0 aliphatic carbocycles. The van der Waals surface area contributed by atoms with Crippen LogP contribution in [0.25, 0.3) is 0 Å². The van der Waals surface area contributed by atoms with E-state index in [0.29, 0.717) is 30.2 Å². The highest BCUT2D eigenvalue weighted by Gasteiger charge is 2.32. The Hall–Kier alpha value is -4.05. The van der Waals surface area contributed by atoms with E-state index in [2.05, 4.69) is 50.2 Å². The molecule has 9 nitrogen and oxygen atoms in total. The maximum absolute atomic E-state index is 12.6. The van der Waals surface area contributed by atoms with Crippen molar-refractivity contribution in [1.29, 1.82) is 0 Å². The highest BCUT2D eigenvalue weighted by molar-refractivity contribution is 9.09. The molecule has 0 spiro atoms. The zero-order valence-corrected chi connectivity index (χ0v) is 24.2. The molecule has 0 bridgehead atoms. The zero-order chi connectivity index (χ0) is 28.5. The lowest BCUT2D eigenvalue weighted by Crippen LogP contribution is -2.44. The number of carbonyl (C=O) groups is 3. The molecular formula is C30H34BrN5O4. The summed E-state index contributed by atoms with van der Waals surface area (Å²) in [5.41, 5.74) is 4.15. The number of amides is 4. The lowest BCUT2D eigenvalue weighted by atomic mass is 9.91. The quantitative estimate of drug-likeness (QED) is 0.214. The van der Waals surface area contributed by atoms with E-state index in [-0.39, 0.29) is 30.4 Å². The topological polar surface area (TPSA) is 112 Å². The number of halogens is 1. The molecule has 1 aliphatic rings. The van der Waals surface area contributed by atoms with Gasteiger partial charge in [-0.05, 0) is 73.5 Å². The minimum Gasteiger partial charge on any atom is -0.493 e. The molecule has 40 heavy (non-hydrogen) atoms. The summed E-state index contributed by atoms with van der Waals surface area (Å²) >= 11 is 3.30. The number of nitrogens with one attached hydrogen (secondary N) is 4. The van der Waals surface area contributed by atoms with Crippen molar-refractivity contribution in [2.24, 2.45) is 0 Å². The summed E-state index contributed by atoms with van der Waals surface area (Å²) in [6, 6.07) is 22.0. The highest BCUT2D eigenvalue weighted by Crippen LogP contribution is 2.39. The Labute approximate surface area is 242 Å². The predicted octanol–water partition coefficient (Wildman–Crippen LogP) is 5.91. The van der Waals surface area contributed by atoms with E-state index in [0.717, 1.165) is 28.7 Å². The molecule has 0 radical (unpaired) electrons. The number of nitrogens with zero attached hydrogens (tertiary/aromatic N) is 1. The van der Waals surface area contributed by atoms with E-state index in [1.54, 1.807) is 24.3 Å². The van der Waals surface area contributed by atoms with Crippen LogP contribution in [0.1, 0.15) is 38.3 Å². The van der Waals surface area contributed by atoms with Gasteiger partial charge in [0.15, 0.2) is 0 Å². The fourth-order valence-electron chi connectivity index (χ4n) is 4.68. The van der Waals surface area contributed by atoms with Gasteiger partial charge in [-0.2, -0.15) is 0 Å². The zero-order valence-electron chi connectivity index (χ0n) is 22.6. The maximum Gasteiger partial charge on any atom is 0.319 e. The van der Waals surface area contributed by atoms with Crippen molar-refractivity contribution in [2.75, 3.05) is 39.3 Å². The largest absolute Gasteiger partial charge is 0.493 e. The first kappa shape index (κ1) is 28.9. The fourth-order valence-corrected chi connectivity index (χ4v) is 4.84. The van der Waals surface area contributed by atoms with Crippen LogP contribution in [0.4, 0.5) is 27.5 Å². The second-order valence-corrected chi connectivity index (χ2v) is 10.2. The fraction of sp³-hybridized carbons (Fsp3) is 0.300. The molecule has 0 fully saturated rings. The van der Waals surface area contributed by atoms with Gasteiger partial charge in [-0.15, -0.1) is 0 Å². The van der Waals surface area contributed by atoms with Crippen LogP contribution in [0.15, 0.2) is 72.8 Å². The summed E-state index contributed by atoms with van der Waals surface area (Å²) < 4.78 is 5.48. The second-order valence-electron chi connectivity index (χ2n) is 9.45. The number of ether oxygens (including phenoxy) is 1. The lowest BCUT2D eigenvalue weighted by molar-refractivity contribution is -0.119. The van der Waals surface area contributed by atoms with E-state index in [1.165, 1.54) is 0 Å². The SMILES string of the molecule is CCC(=O)N1c2ccccc2[C@H](Nc2ccc(NC(=O)CNC(=O)Nc3ccc(OCCBr)cc3)cc2)C[C@@H]1C. The Morgan fingerprint density at radius 2 is 1.57 bits per heavy atom. The van der Waals surface area contributed by atoms with Gasteiger partial charge < -0.3 is 30.9 Å². The van der Waals surface area contributed by atoms with Crippen molar-refractivity contribution in [2.45, 2.75) is 38.8 Å². The second kappa shape index (κ2) is 13.8. The van der Waals surface area contributed by atoms with E-state index in [9.17, 15) is 14.4 Å². The Morgan fingerprint density at radius 3 is 2.27 bits per heavy atom. The Bertz CT molecular complexity index is 1320. The number of carbonyl (C=O) groups excluding carboxylic acids is 3. The third-order valence-corrected chi connectivity index (χ3v) is 6.86. The van der Waals surface area contributed by atoms with Crippen LogP contribution in [-0.4, -0.2) is 42.4 Å². The van der Waals surface area contributed by atoms with Crippen molar-refractivity contribution in [3.05, 3.63) is 78.4 Å². The van der Waals surface area contributed by atoms with E-state index < -0.39 is 6.03 Å². The van der Waals surface area contributed by atoms with Crippen LogP contribution in [-0.2, 0) is 9.59 Å². The molecule has 4 N–H and O–H groups in total. The smallest absolute Gasteiger partial charge is 0.319 e. The molecule has 3 aromatic rings. The minimum atomic E-state index is -0.481. The van der Waals surface area contributed by atoms with Gasteiger partial charge in [-0.3, -0.25) is 9.59 Å². The number of urea groups is 1. The van der Waals surface area contributed by atoms with Crippen molar-refractivity contribution in [3.63, 3.8) is 0 Å². The van der Waals surface area contributed by atoms with Gasteiger partial charge in [-0.25, -0.2) is 4.79 Å². The van der Waals surface area contributed by atoms with E-state index in [1.807, 2.05) is 54.3 Å². The molecule has 2 atom stereocenters. The number of hydrogen-bond acceptors (Lipinski definition) is 5. The highest BCUT2D eigenvalue weighted by atomic mass is 79.9. The number of benzene rings is 3. The Morgan fingerprint density at radius 1 is 0.925 bits per heavy atom. The van der Waals surface area contributed by atoms with Crippen molar-refractivity contribution in [1.82, 2.24) is 5.32 Å². The molecule has 1 heterocycles. The van der Waals surface area contributed by atoms with Gasteiger partial charge in [0.1, 0.15) is 5.75 Å². The number of hydrogen-bond donors (Lipinski definition) is 4. The monoisotopic (exact) mass is 607 g/mol. The lowest BCUT2D eigenvalue weighted by Gasteiger charge is -2.40. The first-order valence-electron chi connectivity index (χ1n) is 13.3. The summed E-state index contributed by atoms with van der Waals surface area (Å²) in [5.74, 6) is 0.486. The standard InChI is InChI=1S/C30H34BrN5O4/c1-3-29(38)36-20(2)18-26(25-6-4-5-7-27(25)36)33-21-8-10-22(11-9-21)34-28(37)19-32-30(39)35-23-12-14-24(15-13-23)40-17-16-31/h4-15,20,26,33H,3,16-19H2,1-2H3,(H,34,37)(H2,32,35,39)/t20-,26+/m0/s1. The average Bonchev–Trinajstić information content (AvgIpc) is 2.96. The Balaban J connectivity index is 1.27. The summed E-state index contributed by atoms with van der Waals surface area (Å²) in [6.45, 7) is 4.33. The molecule has 0 saturated carbocycles.